The molecule has 0 aliphatic carbocycles. The van der Waals surface area contributed by atoms with Gasteiger partial charge in [-0.05, 0) is 66.6 Å². The molecule has 3 aromatic rings. The molecule has 0 saturated carbocycles. The summed E-state index contributed by atoms with van der Waals surface area (Å²) in [7, 11) is -4.01. The molecule has 0 atom stereocenters. The van der Waals surface area contributed by atoms with Gasteiger partial charge in [0.1, 0.15) is 0 Å². The van der Waals surface area contributed by atoms with Crippen molar-refractivity contribution in [2.75, 3.05) is 11.9 Å². The van der Waals surface area contributed by atoms with Crippen molar-refractivity contribution in [2.45, 2.75) is 18.4 Å². The van der Waals surface area contributed by atoms with Gasteiger partial charge in [0.25, 0.3) is 0 Å². The molecule has 168 valence electrons. The number of hydrogen-bond donors (Lipinski definition) is 1. The van der Waals surface area contributed by atoms with Crippen molar-refractivity contribution in [1.82, 2.24) is 4.31 Å². The fraction of sp³-hybridized carbons (Fsp3) is 0.136. The molecule has 5 nitrogen and oxygen atoms in total. The van der Waals surface area contributed by atoms with Gasteiger partial charge in [0.15, 0.2) is 0 Å². The first-order valence-electron chi connectivity index (χ1n) is 9.32. The second-order valence-electron chi connectivity index (χ2n) is 6.97. The molecule has 10 heteroatoms. The summed E-state index contributed by atoms with van der Waals surface area (Å²) in [5.74, 6) is -0.513. The second-order valence-corrected chi connectivity index (χ2v) is 11.1. The van der Waals surface area contributed by atoms with E-state index in [2.05, 4.69) is 21.2 Å². The largest absolute Gasteiger partial charge is 0.325 e. The van der Waals surface area contributed by atoms with Gasteiger partial charge in [0.05, 0.1) is 11.4 Å². The Balaban J connectivity index is 1.93. The number of sulfonamides is 1. The smallest absolute Gasteiger partial charge is 0.243 e. The van der Waals surface area contributed by atoms with Crippen LogP contribution in [0.5, 0.6) is 0 Å². The maximum absolute atomic E-state index is 13.4. The molecule has 1 N–H and O–H groups in total. The summed E-state index contributed by atoms with van der Waals surface area (Å²) >= 11 is 21.5. The Hall–Kier alpha value is -1.61. The van der Waals surface area contributed by atoms with Crippen molar-refractivity contribution < 1.29 is 13.2 Å². The number of nitrogens with one attached hydrogen (secondary N) is 1. The van der Waals surface area contributed by atoms with Gasteiger partial charge in [-0.3, -0.25) is 4.79 Å². The molecule has 3 aromatic carbocycles. The molecule has 0 aromatic heterocycles. The topological polar surface area (TPSA) is 66.5 Å². The van der Waals surface area contributed by atoms with E-state index in [4.69, 9.17) is 34.8 Å². The van der Waals surface area contributed by atoms with E-state index < -0.39 is 22.5 Å². The van der Waals surface area contributed by atoms with Gasteiger partial charge in [-0.2, -0.15) is 4.31 Å². The van der Waals surface area contributed by atoms with Gasteiger partial charge in [-0.1, -0.05) is 62.9 Å². The summed E-state index contributed by atoms with van der Waals surface area (Å²) < 4.78 is 28.6. The molecular formula is C22H18BrCl3N2O3S. The van der Waals surface area contributed by atoms with Gasteiger partial charge < -0.3 is 5.32 Å². The lowest BCUT2D eigenvalue weighted by Crippen LogP contribution is -2.37. The fourth-order valence-electron chi connectivity index (χ4n) is 2.90. The van der Waals surface area contributed by atoms with E-state index in [0.717, 1.165) is 14.3 Å². The Morgan fingerprint density at radius 3 is 2.25 bits per heavy atom. The van der Waals surface area contributed by atoms with Gasteiger partial charge in [0.2, 0.25) is 15.9 Å². The molecule has 0 aliphatic heterocycles. The number of carbonyl (C=O) groups excluding carboxylic acids is 1. The highest BCUT2D eigenvalue weighted by Gasteiger charge is 2.28. The first kappa shape index (κ1) is 25.0. The van der Waals surface area contributed by atoms with Crippen LogP contribution in [-0.2, 0) is 21.4 Å². The summed E-state index contributed by atoms with van der Waals surface area (Å²) in [6.07, 6.45) is 0. The number of aryl methyl sites for hydroxylation is 1. The predicted molar refractivity (Wildman–Crippen MR) is 133 cm³/mol. The SMILES string of the molecule is Cc1ccc(Cl)cc1NC(=O)CN(Cc1ccc(Cl)cc1Cl)S(=O)(=O)c1ccc(Br)cc1. The molecule has 32 heavy (non-hydrogen) atoms. The zero-order chi connectivity index (χ0) is 23.5. The average Bonchev–Trinajstić information content (AvgIpc) is 2.72. The van der Waals surface area contributed by atoms with E-state index in [9.17, 15) is 13.2 Å². The highest BCUT2D eigenvalue weighted by atomic mass is 79.9. The number of carbonyl (C=O) groups is 1. The summed E-state index contributed by atoms with van der Waals surface area (Å²) in [4.78, 5) is 12.9. The number of nitrogens with zero attached hydrogens (tertiary/aromatic N) is 1. The highest BCUT2D eigenvalue weighted by molar-refractivity contribution is 9.10. The first-order chi connectivity index (χ1) is 15.1. The normalized spacial score (nSPS) is 11.6. The van der Waals surface area contributed by atoms with E-state index in [1.165, 1.54) is 18.2 Å². The van der Waals surface area contributed by atoms with E-state index in [1.54, 1.807) is 42.5 Å². The molecule has 0 fully saturated rings. The zero-order valence-electron chi connectivity index (χ0n) is 16.8. The van der Waals surface area contributed by atoms with Crippen molar-refractivity contribution in [2.24, 2.45) is 0 Å². The molecular weight excluding hydrogens is 559 g/mol. The van der Waals surface area contributed by atoms with E-state index in [1.807, 2.05) is 6.92 Å². The van der Waals surface area contributed by atoms with Crippen LogP contribution < -0.4 is 5.32 Å². The lowest BCUT2D eigenvalue weighted by atomic mass is 10.2. The van der Waals surface area contributed by atoms with Crippen LogP contribution in [0.2, 0.25) is 15.1 Å². The van der Waals surface area contributed by atoms with Crippen LogP contribution in [0.25, 0.3) is 0 Å². The van der Waals surface area contributed by atoms with Gasteiger partial charge >= 0.3 is 0 Å². The zero-order valence-corrected chi connectivity index (χ0v) is 21.5. The molecule has 0 saturated heterocycles. The summed E-state index contributed by atoms with van der Waals surface area (Å²) in [5.41, 5.74) is 1.82. The van der Waals surface area contributed by atoms with Gasteiger partial charge in [-0.15, -0.1) is 0 Å². The number of anilines is 1. The lowest BCUT2D eigenvalue weighted by Gasteiger charge is -2.23. The second kappa shape index (κ2) is 10.5. The minimum atomic E-state index is -4.01. The van der Waals surface area contributed by atoms with E-state index in [0.29, 0.717) is 26.3 Å². The summed E-state index contributed by atoms with van der Waals surface area (Å²) in [6.45, 7) is 1.27. The minimum absolute atomic E-state index is 0.0533. The van der Waals surface area contributed by atoms with Crippen molar-refractivity contribution in [3.8, 4) is 0 Å². The van der Waals surface area contributed by atoms with Crippen molar-refractivity contribution in [3.63, 3.8) is 0 Å². The van der Waals surface area contributed by atoms with Crippen LogP contribution in [0.15, 0.2) is 70.0 Å². The maximum atomic E-state index is 13.4. The van der Waals surface area contributed by atoms with Crippen LogP contribution in [0.4, 0.5) is 5.69 Å². The minimum Gasteiger partial charge on any atom is -0.325 e. The van der Waals surface area contributed by atoms with E-state index >= 15 is 0 Å². The van der Waals surface area contributed by atoms with Gasteiger partial charge in [0, 0.05) is 31.8 Å². The average molecular weight is 577 g/mol. The van der Waals surface area contributed by atoms with E-state index in [-0.39, 0.29) is 11.4 Å². The standard InChI is InChI=1S/C22H18BrCl3N2O3S/c1-14-2-6-18(25)11-21(14)27-22(29)13-28(12-15-3-7-17(24)10-20(15)26)32(30,31)19-8-4-16(23)5-9-19/h2-11H,12-13H2,1H3,(H,27,29). The Morgan fingerprint density at radius 1 is 0.969 bits per heavy atom. The molecule has 3 rings (SSSR count). The van der Waals surface area contributed by atoms with Crippen LogP contribution in [0, 0.1) is 6.92 Å². The maximum Gasteiger partial charge on any atom is 0.243 e. The molecule has 0 bridgehead atoms. The first-order valence-corrected chi connectivity index (χ1v) is 12.7. The van der Waals surface area contributed by atoms with Crippen molar-refractivity contribution in [1.29, 1.82) is 0 Å². The van der Waals surface area contributed by atoms with Gasteiger partial charge in [-0.25, -0.2) is 8.42 Å². The molecule has 0 spiro atoms. The monoisotopic (exact) mass is 574 g/mol. The molecule has 0 radical (unpaired) electrons. The third-order valence-electron chi connectivity index (χ3n) is 4.61. The van der Waals surface area contributed by atoms with Crippen molar-refractivity contribution in [3.05, 3.63) is 91.3 Å². The molecule has 1 amide bonds. The Kier molecular flexibility index (Phi) is 8.25. The summed E-state index contributed by atoms with van der Waals surface area (Å²) in [6, 6.07) is 16.0. The Bertz CT molecular complexity index is 1250. The number of benzene rings is 3. The number of halogens is 4. The molecule has 0 unspecified atom stereocenters. The predicted octanol–water partition coefficient (Wildman–Crippen LogP) is 6.55. The van der Waals surface area contributed by atoms with Crippen molar-refractivity contribution >= 4 is 72.4 Å². The third-order valence-corrected chi connectivity index (χ3v) is 7.76. The Labute approximate surface area is 210 Å². The quantitative estimate of drug-likeness (QED) is 0.347. The fourth-order valence-corrected chi connectivity index (χ4v) is 5.18. The van der Waals surface area contributed by atoms with Crippen LogP contribution in [-0.4, -0.2) is 25.2 Å². The number of hydrogen-bond acceptors (Lipinski definition) is 3. The number of amides is 1. The highest BCUT2D eigenvalue weighted by Crippen LogP contribution is 2.26. The Morgan fingerprint density at radius 2 is 1.59 bits per heavy atom. The molecule has 0 heterocycles. The summed E-state index contributed by atoms with van der Waals surface area (Å²) in [5, 5.41) is 3.92. The number of rotatable bonds is 7. The third kappa shape index (κ3) is 6.25. The van der Waals surface area contributed by atoms with Crippen LogP contribution >= 0.6 is 50.7 Å². The lowest BCUT2D eigenvalue weighted by molar-refractivity contribution is -0.116. The van der Waals surface area contributed by atoms with Crippen LogP contribution in [0.1, 0.15) is 11.1 Å². The molecule has 0 aliphatic rings. The van der Waals surface area contributed by atoms with Crippen LogP contribution in [0.3, 0.4) is 0 Å².